The second kappa shape index (κ2) is 11.7. The smallest absolute Gasteiger partial charge is 0.412 e. The van der Waals surface area contributed by atoms with Crippen molar-refractivity contribution < 1.29 is 32.6 Å². The Labute approximate surface area is 246 Å². The molecule has 1 aromatic carbocycles. The monoisotopic (exact) mass is 604 g/mol. The molecule has 14 heteroatoms. The minimum absolute atomic E-state index is 0.0539. The molecule has 1 aliphatic heterocycles. The number of nitrogens with one attached hydrogen (secondary N) is 2. The van der Waals surface area contributed by atoms with Gasteiger partial charge in [0.1, 0.15) is 32.8 Å². The molecule has 2 aromatic heterocycles. The van der Waals surface area contributed by atoms with E-state index < -0.39 is 46.5 Å². The first-order valence-corrected chi connectivity index (χ1v) is 14.1. The van der Waals surface area contributed by atoms with Crippen molar-refractivity contribution in [2.75, 3.05) is 23.7 Å². The minimum atomic E-state index is -0.871. The average Bonchev–Trinajstić information content (AvgIpc) is 3.56. The highest BCUT2D eigenvalue weighted by Crippen LogP contribution is 2.37. The van der Waals surface area contributed by atoms with Crippen molar-refractivity contribution in [3.05, 3.63) is 47.4 Å². The summed E-state index contributed by atoms with van der Waals surface area (Å²) in [4.78, 5) is 44.5. The van der Waals surface area contributed by atoms with E-state index in [1.54, 1.807) is 58.2 Å². The molecule has 3 aromatic rings. The van der Waals surface area contributed by atoms with E-state index >= 15 is 0 Å². The number of aromatic nitrogens is 3. The molecule has 1 atom stereocenters. The topological polar surface area (TPSA) is 128 Å². The van der Waals surface area contributed by atoms with Crippen LogP contribution in [0.3, 0.4) is 0 Å². The largest absolute Gasteiger partial charge is 0.444 e. The maximum absolute atomic E-state index is 14.6. The Morgan fingerprint density at radius 1 is 1.02 bits per heavy atom. The van der Waals surface area contributed by atoms with E-state index in [-0.39, 0.29) is 21.6 Å². The Balaban J connectivity index is 1.62. The summed E-state index contributed by atoms with van der Waals surface area (Å²) in [6.07, 6.45) is 0.788. The molecule has 0 radical (unpaired) electrons. The number of likely N-dealkylation sites (tertiary alicyclic amines) is 1. The molecule has 0 spiro atoms. The summed E-state index contributed by atoms with van der Waals surface area (Å²) in [5, 5.41) is 9.34. The van der Waals surface area contributed by atoms with Gasteiger partial charge in [-0.25, -0.2) is 23.4 Å². The Hall–Kier alpha value is -4.07. The van der Waals surface area contributed by atoms with Crippen molar-refractivity contribution in [2.45, 2.75) is 65.1 Å². The molecule has 42 heavy (non-hydrogen) atoms. The summed E-state index contributed by atoms with van der Waals surface area (Å²) in [7, 11) is 1.72. The van der Waals surface area contributed by atoms with Crippen LogP contribution in [0.1, 0.15) is 70.1 Å². The molecule has 0 bridgehead atoms. The number of hydrogen-bond donors (Lipinski definition) is 2. The van der Waals surface area contributed by atoms with Gasteiger partial charge in [-0.05, 0) is 60.1 Å². The maximum atomic E-state index is 14.6. The third-order valence-corrected chi connectivity index (χ3v) is 7.08. The van der Waals surface area contributed by atoms with Crippen molar-refractivity contribution in [1.82, 2.24) is 19.7 Å². The first-order valence-electron chi connectivity index (χ1n) is 13.3. The first-order chi connectivity index (χ1) is 19.5. The fourth-order valence-electron chi connectivity index (χ4n) is 4.45. The first kappa shape index (κ1) is 30.9. The van der Waals surface area contributed by atoms with Crippen LogP contribution in [0, 0.1) is 11.6 Å². The van der Waals surface area contributed by atoms with Crippen LogP contribution in [0.25, 0.3) is 10.6 Å². The summed E-state index contributed by atoms with van der Waals surface area (Å²) in [6, 6.07) is 3.36. The molecule has 1 unspecified atom stereocenters. The van der Waals surface area contributed by atoms with Gasteiger partial charge < -0.3 is 19.7 Å². The fraction of sp³-hybridized carbons (Fsp3) is 0.464. The molecule has 1 saturated heterocycles. The van der Waals surface area contributed by atoms with Gasteiger partial charge >= 0.3 is 12.2 Å². The maximum Gasteiger partial charge on any atom is 0.412 e. The van der Waals surface area contributed by atoms with Gasteiger partial charge in [-0.3, -0.25) is 14.8 Å². The highest BCUT2D eigenvalue weighted by Gasteiger charge is 2.34. The molecular weight excluding hydrogens is 570 g/mol. The van der Waals surface area contributed by atoms with Crippen LogP contribution in [0.2, 0.25) is 0 Å². The lowest BCUT2D eigenvalue weighted by Crippen LogP contribution is -2.35. The molecule has 0 saturated carbocycles. The number of benzene rings is 1. The summed E-state index contributed by atoms with van der Waals surface area (Å²) in [6.45, 7) is 11.2. The number of amides is 3. The second-order valence-electron chi connectivity index (χ2n) is 11.9. The summed E-state index contributed by atoms with van der Waals surface area (Å²) < 4.78 is 41.6. The third-order valence-electron chi connectivity index (χ3n) is 6.09. The number of aryl methyl sites for hydroxylation is 1. The number of carbonyl (C=O) groups excluding carboxylic acids is 3. The normalized spacial score (nSPS) is 15.5. The van der Waals surface area contributed by atoms with Crippen molar-refractivity contribution in [2.24, 2.45) is 7.05 Å². The average molecular weight is 605 g/mol. The molecule has 0 aliphatic carbocycles. The molecule has 1 aliphatic rings. The van der Waals surface area contributed by atoms with E-state index in [2.05, 4.69) is 20.7 Å². The van der Waals surface area contributed by atoms with Crippen LogP contribution in [-0.4, -0.2) is 62.0 Å². The number of hydrogen-bond acceptors (Lipinski definition) is 8. The number of anilines is 2. The summed E-state index contributed by atoms with van der Waals surface area (Å²) in [5.41, 5.74) is -1.12. The van der Waals surface area contributed by atoms with Crippen LogP contribution in [0.15, 0.2) is 24.4 Å². The van der Waals surface area contributed by atoms with Crippen molar-refractivity contribution in [3.63, 3.8) is 0 Å². The number of nitrogens with zero attached hydrogens (tertiary/aromatic N) is 4. The van der Waals surface area contributed by atoms with Crippen molar-refractivity contribution in [3.8, 4) is 10.6 Å². The Bertz CT molecular complexity index is 1490. The zero-order chi connectivity index (χ0) is 31.0. The molecular formula is C28H34F2N6O5S. The molecule has 4 rings (SSSR count). The standard InChI is InChI=1S/C28H34F2N6O5S/c1-27(2,3)40-25(38)34-24-20(33-23(42-24)19-16(29)9-8-10-17(19)30)22(37)32-18-13-31-35(7)21(18)15-11-12-36(14-15)26(39)41-28(4,5)6/h8-10,13,15H,11-12,14H2,1-7H3,(H,32,37)(H,34,38). The van der Waals surface area contributed by atoms with Gasteiger partial charge in [-0.15, -0.1) is 0 Å². The van der Waals surface area contributed by atoms with Gasteiger partial charge in [0.25, 0.3) is 5.91 Å². The Kier molecular flexibility index (Phi) is 8.58. The van der Waals surface area contributed by atoms with Gasteiger partial charge in [0.15, 0.2) is 5.69 Å². The van der Waals surface area contributed by atoms with Crippen LogP contribution < -0.4 is 10.6 Å². The molecule has 3 heterocycles. The molecule has 1 fully saturated rings. The predicted octanol–water partition coefficient (Wildman–Crippen LogP) is 6.15. The van der Waals surface area contributed by atoms with Gasteiger partial charge in [0, 0.05) is 26.1 Å². The fourth-order valence-corrected chi connectivity index (χ4v) is 5.45. The SMILES string of the molecule is Cn1ncc(NC(=O)c2nc(-c3c(F)cccc3F)sc2NC(=O)OC(C)(C)C)c1C1CCN(C(=O)OC(C)(C)C)C1. The summed E-state index contributed by atoms with van der Waals surface area (Å²) in [5.74, 6) is -2.63. The zero-order valence-electron chi connectivity index (χ0n) is 24.5. The lowest BCUT2D eigenvalue weighted by molar-refractivity contribution is 0.0291. The highest BCUT2D eigenvalue weighted by molar-refractivity contribution is 7.19. The molecule has 3 amide bonds. The number of ether oxygens (including phenoxy) is 2. The third kappa shape index (κ3) is 7.22. The Morgan fingerprint density at radius 3 is 2.29 bits per heavy atom. The second-order valence-corrected chi connectivity index (χ2v) is 12.9. The number of carbonyl (C=O) groups is 3. The Morgan fingerprint density at radius 2 is 1.67 bits per heavy atom. The quantitative estimate of drug-likeness (QED) is 0.358. The number of thiazole rings is 1. The van der Waals surface area contributed by atoms with Crippen molar-refractivity contribution in [1.29, 1.82) is 0 Å². The predicted molar refractivity (Wildman–Crippen MR) is 154 cm³/mol. The van der Waals surface area contributed by atoms with E-state index in [9.17, 15) is 23.2 Å². The van der Waals surface area contributed by atoms with Crippen LogP contribution in [0.5, 0.6) is 0 Å². The van der Waals surface area contributed by atoms with Crippen LogP contribution in [0.4, 0.5) is 29.1 Å². The van der Waals surface area contributed by atoms with Gasteiger partial charge in [0.2, 0.25) is 0 Å². The highest BCUT2D eigenvalue weighted by atomic mass is 32.1. The molecule has 11 nitrogen and oxygen atoms in total. The zero-order valence-corrected chi connectivity index (χ0v) is 25.3. The van der Waals surface area contributed by atoms with Crippen LogP contribution >= 0.6 is 11.3 Å². The van der Waals surface area contributed by atoms with Crippen molar-refractivity contribution >= 4 is 40.1 Å². The van der Waals surface area contributed by atoms with E-state index in [1.165, 1.54) is 12.3 Å². The molecule has 2 N–H and O–H groups in total. The van der Waals surface area contributed by atoms with Gasteiger partial charge in [0.05, 0.1) is 23.1 Å². The van der Waals surface area contributed by atoms with E-state index in [0.717, 1.165) is 23.5 Å². The van der Waals surface area contributed by atoms with Gasteiger partial charge in [-0.2, -0.15) is 5.10 Å². The lowest BCUT2D eigenvalue weighted by Gasteiger charge is -2.24. The number of halogens is 2. The molecule has 226 valence electrons. The van der Waals surface area contributed by atoms with E-state index in [0.29, 0.717) is 30.9 Å². The minimum Gasteiger partial charge on any atom is -0.444 e. The van der Waals surface area contributed by atoms with Gasteiger partial charge in [-0.1, -0.05) is 17.4 Å². The lowest BCUT2D eigenvalue weighted by atomic mass is 10.0. The summed E-state index contributed by atoms with van der Waals surface area (Å²) >= 11 is 0.734. The van der Waals surface area contributed by atoms with Crippen LogP contribution in [-0.2, 0) is 16.5 Å². The van der Waals surface area contributed by atoms with E-state index in [4.69, 9.17) is 9.47 Å². The van der Waals surface area contributed by atoms with E-state index in [1.807, 2.05) is 0 Å². The number of rotatable bonds is 5.